The Morgan fingerprint density at radius 2 is 2.00 bits per heavy atom. The van der Waals surface area contributed by atoms with Crippen molar-refractivity contribution in [2.75, 3.05) is 6.54 Å². The molecule has 1 saturated heterocycles. The fraction of sp³-hybridized carbons (Fsp3) is 0.500. The number of hydrogen-bond acceptors (Lipinski definition) is 4. The number of amides is 1. The standard InChI is InChI=1S/C16H20N2O5/c1-16(2,3)11-7-6-10(9-13(11)18(22)23)14(19)17-8-4-5-12(17)15(20)21/h6-7,9,12H,4-5,8H2,1-3H3,(H,20,21)/t12-/m0/s1. The lowest BCUT2D eigenvalue weighted by atomic mass is 9.85. The first-order valence-electron chi connectivity index (χ1n) is 7.45. The maximum Gasteiger partial charge on any atom is 0.326 e. The molecule has 1 heterocycles. The van der Waals surface area contributed by atoms with Crippen molar-refractivity contribution in [2.45, 2.75) is 45.1 Å². The largest absolute Gasteiger partial charge is 0.480 e. The van der Waals surface area contributed by atoms with E-state index in [2.05, 4.69) is 0 Å². The quantitative estimate of drug-likeness (QED) is 0.681. The smallest absolute Gasteiger partial charge is 0.326 e. The predicted octanol–water partition coefficient (Wildman–Crippen LogP) is 2.58. The van der Waals surface area contributed by atoms with Crippen molar-refractivity contribution < 1.29 is 19.6 Å². The summed E-state index contributed by atoms with van der Waals surface area (Å²) in [6, 6.07) is 3.51. The normalized spacial score (nSPS) is 18.0. The summed E-state index contributed by atoms with van der Waals surface area (Å²) >= 11 is 0. The van der Waals surface area contributed by atoms with Crippen LogP contribution in [0.1, 0.15) is 49.5 Å². The van der Waals surface area contributed by atoms with Crippen molar-refractivity contribution in [3.63, 3.8) is 0 Å². The van der Waals surface area contributed by atoms with Gasteiger partial charge in [-0.2, -0.15) is 0 Å². The summed E-state index contributed by atoms with van der Waals surface area (Å²) in [5.41, 5.74) is 0.142. The maximum atomic E-state index is 12.5. The number of hydrogen-bond donors (Lipinski definition) is 1. The lowest BCUT2D eigenvalue weighted by molar-refractivity contribution is -0.386. The third kappa shape index (κ3) is 3.33. The van der Waals surface area contributed by atoms with Gasteiger partial charge in [0.25, 0.3) is 11.6 Å². The number of aliphatic carboxylic acids is 1. The zero-order chi connectivity index (χ0) is 17.4. The third-order valence-corrected chi connectivity index (χ3v) is 4.05. The number of nitrogens with zero attached hydrogens (tertiary/aromatic N) is 2. The topological polar surface area (TPSA) is 101 Å². The number of carbonyl (C=O) groups is 2. The first kappa shape index (κ1) is 16.9. The fourth-order valence-electron chi connectivity index (χ4n) is 2.88. The highest BCUT2D eigenvalue weighted by atomic mass is 16.6. The molecule has 1 aromatic carbocycles. The van der Waals surface area contributed by atoms with E-state index in [-0.39, 0.29) is 11.3 Å². The van der Waals surface area contributed by atoms with Crippen LogP contribution >= 0.6 is 0 Å². The number of rotatable bonds is 3. The Kier molecular flexibility index (Phi) is 4.40. The van der Waals surface area contributed by atoms with Gasteiger partial charge in [0.1, 0.15) is 6.04 Å². The van der Waals surface area contributed by atoms with Crippen LogP contribution in [-0.4, -0.2) is 39.4 Å². The molecule has 0 spiro atoms. The Morgan fingerprint density at radius 1 is 1.35 bits per heavy atom. The number of carboxylic acid groups (broad SMARTS) is 1. The summed E-state index contributed by atoms with van der Waals surface area (Å²) in [4.78, 5) is 35.8. The number of nitro groups is 1. The highest BCUT2D eigenvalue weighted by Gasteiger charge is 2.35. The predicted molar refractivity (Wildman–Crippen MR) is 83.5 cm³/mol. The minimum Gasteiger partial charge on any atom is -0.480 e. The molecule has 124 valence electrons. The number of benzene rings is 1. The van der Waals surface area contributed by atoms with Crippen LogP contribution in [0.15, 0.2) is 18.2 Å². The zero-order valence-corrected chi connectivity index (χ0v) is 13.4. The molecule has 0 saturated carbocycles. The van der Waals surface area contributed by atoms with E-state index in [0.717, 1.165) is 0 Å². The van der Waals surface area contributed by atoms with Gasteiger partial charge in [-0.05, 0) is 24.3 Å². The van der Waals surface area contributed by atoms with Crippen molar-refractivity contribution in [1.82, 2.24) is 4.90 Å². The summed E-state index contributed by atoms with van der Waals surface area (Å²) in [6.07, 6.45) is 1.02. The van der Waals surface area contributed by atoms with E-state index in [0.29, 0.717) is 24.9 Å². The molecule has 0 unspecified atom stereocenters. The molecule has 1 amide bonds. The molecule has 0 bridgehead atoms. The Balaban J connectivity index is 2.41. The Hall–Kier alpha value is -2.44. The average Bonchev–Trinajstić information content (AvgIpc) is 2.94. The molecule has 0 aromatic heterocycles. The first-order valence-corrected chi connectivity index (χ1v) is 7.45. The second kappa shape index (κ2) is 5.98. The minimum atomic E-state index is -1.04. The molecular weight excluding hydrogens is 300 g/mol. The summed E-state index contributed by atoms with van der Waals surface area (Å²) in [6.45, 7) is 5.93. The molecular formula is C16H20N2O5. The number of likely N-dealkylation sites (tertiary alicyclic amines) is 1. The molecule has 23 heavy (non-hydrogen) atoms. The number of nitro benzene ring substituents is 1. The Bertz CT molecular complexity index is 663. The monoisotopic (exact) mass is 320 g/mol. The molecule has 1 atom stereocenters. The second-order valence-electron chi connectivity index (χ2n) is 6.73. The summed E-state index contributed by atoms with van der Waals surface area (Å²) in [7, 11) is 0. The van der Waals surface area contributed by atoms with Gasteiger partial charge in [0.05, 0.1) is 4.92 Å². The van der Waals surface area contributed by atoms with Crippen LogP contribution in [0.4, 0.5) is 5.69 Å². The van der Waals surface area contributed by atoms with Gasteiger partial charge in [0.2, 0.25) is 0 Å². The number of carboxylic acids is 1. The summed E-state index contributed by atoms with van der Waals surface area (Å²) in [5, 5.41) is 20.5. The van der Waals surface area contributed by atoms with Gasteiger partial charge in [0, 0.05) is 23.7 Å². The highest BCUT2D eigenvalue weighted by Crippen LogP contribution is 2.32. The summed E-state index contributed by atoms with van der Waals surface area (Å²) in [5.74, 6) is -1.52. The Labute approximate surface area is 134 Å². The van der Waals surface area contributed by atoms with Crippen LogP contribution in [0.5, 0.6) is 0 Å². The van der Waals surface area contributed by atoms with Crippen LogP contribution in [0.25, 0.3) is 0 Å². The van der Waals surface area contributed by atoms with Crippen LogP contribution in [0.3, 0.4) is 0 Å². The molecule has 1 N–H and O–H groups in total. The van der Waals surface area contributed by atoms with Gasteiger partial charge < -0.3 is 10.0 Å². The third-order valence-electron chi connectivity index (χ3n) is 4.05. The van der Waals surface area contributed by atoms with Gasteiger partial charge in [0.15, 0.2) is 0 Å². The molecule has 1 aromatic rings. The van der Waals surface area contributed by atoms with E-state index in [9.17, 15) is 24.8 Å². The average molecular weight is 320 g/mol. The summed E-state index contributed by atoms with van der Waals surface area (Å²) < 4.78 is 0. The van der Waals surface area contributed by atoms with E-state index in [4.69, 9.17) is 0 Å². The van der Waals surface area contributed by atoms with Crippen molar-refractivity contribution in [2.24, 2.45) is 0 Å². The van der Waals surface area contributed by atoms with Crippen LogP contribution in [0, 0.1) is 10.1 Å². The van der Waals surface area contributed by atoms with Crippen molar-refractivity contribution >= 4 is 17.6 Å². The molecule has 0 aliphatic carbocycles. The van der Waals surface area contributed by atoms with Gasteiger partial charge in [-0.15, -0.1) is 0 Å². The Morgan fingerprint density at radius 3 is 2.52 bits per heavy atom. The van der Waals surface area contributed by atoms with E-state index >= 15 is 0 Å². The van der Waals surface area contributed by atoms with Crippen molar-refractivity contribution in [1.29, 1.82) is 0 Å². The lowest BCUT2D eigenvalue weighted by Crippen LogP contribution is -2.40. The van der Waals surface area contributed by atoms with Crippen molar-refractivity contribution in [3.05, 3.63) is 39.4 Å². The SMILES string of the molecule is CC(C)(C)c1ccc(C(=O)N2CCC[C@H]2C(=O)O)cc1[N+](=O)[O-]. The maximum absolute atomic E-state index is 12.5. The van der Waals surface area contributed by atoms with Gasteiger partial charge in [-0.25, -0.2) is 4.79 Å². The zero-order valence-electron chi connectivity index (χ0n) is 13.4. The highest BCUT2D eigenvalue weighted by molar-refractivity contribution is 5.97. The molecule has 7 heteroatoms. The van der Waals surface area contributed by atoms with Gasteiger partial charge in [-0.1, -0.05) is 26.8 Å². The van der Waals surface area contributed by atoms with Gasteiger partial charge >= 0.3 is 5.97 Å². The lowest BCUT2D eigenvalue weighted by Gasteiger charge is -2.23. The molecule has 2 rings (SSSR count). The van der Waals surface area contributed by atoms with E-state index in [1.54, 1.807) is 6.07 Å². The molecule has 0 radical (unpaired) electrons. The number of carbonyl (C=O) groups excluding carboxylic acids is 1. The van der Waals surface area contributed by atoms with E-state index in [1.807, 2.05) is 20.8 Å². The van der Waals surface area contributed by atoms with Crippen LogP contribution < -0.4 is 0 Å². The van der Waals surface area contributed by atoms with Crippen molar-refractivity contribution in [3.8, 4) is 0 Å². The van der Waals surface area contributed by atoms with E-state index < -0.39 is 28.3 Å². The molecule has 7 nitrogen and oxygen atoms in total. The molecule has 1 aliphatic heterocycles. The first-order chi connectivity index (χ1) is 10.6. The minimum absolute atomic E-state index is 0.116. The van der Waals surface area contributed by atoms with Gasteiger partial charge in [-0.3, -0.25) is 14.9 Å². The fourth-order valence-corrected chi connectivity index (χ4v) is 2.88. The van der Waals surface area contributed by atoms with E-state index in [1.165, 1.54) is 17.0 Å². The molecule has 1 aliphatic rings. The van der Waals surface area contributed by atoms with Crippen LogP contribution in [0.2, 0.25) is 0 Å². The molecule has 1 fully saturated rings. The van der Waals surface area contributed by atoms with Crippen LogP contribution in [-0.2, 0) is 10.2 Å². The second-order valence-corrected chi connectivity index (χ2v) is 6.73.